The van der Waals surface area contributed by atoms with Crippen LogP contribution in [0.25, 0.3) is 16.8 Å². The monoisotopic (exact) mass is 238 g/mol. The van der Waals surface area contributed by atoms with Gasteiger partial charge in [-0.15, -0.1) is 0 Å². The molecule has 0 fully saturated rings. The van der Waals surface area contributed by atoms with Gasteiger partial charge in [0.2, 0.25) is 5.78 Å². The molecule has 4 nitrogen and oxygen atoms in total. The van der Waals surface area contributed by atoms with E-state index in [4.69, 9.17) is 11.1 Å². The summed E-state index contributed by atoms with van der Waals surface area (Å²) in [5.74, 6) is -1.05. The summed E-state index contributed by atoms with van der Waals surface area (Å²) >= 11 is 0. The Balaban J connectivity index is 2.40. The Kier molecular flexibility index (Phi) is 2.01. The zero-order valence-electron chi connectivity index (χ0n) is 9.40. The van der Waals surface area contributed by atoms with Gasteiger partial charge >= 0.3 is 0 Å². The van der Waals surface area contributed by atoms with E-state index >= 15 is 0 Å². The van der Waals surface area contributed by atoms with Gasteiger partial charge in [-0.05, 0) is 35.2 Å². The molecule has 0 aliphatic heterocycles. The van der Waals surface area contributed by atoms with Crippen LogP contribution in [0.5, 0.6) is 0 Å². The van der Waals surface area contributed by atoms with E-state index in [1.54, 1.807) is 18.2 Å². The fraction of sp³-hybridized carbons (Fsp3) is 0. The average molecular weight is 238 g/mol. The first-order chi connectivity index (χ1) is 8.58. The Morgan fingerprint density at radius 1 is 1.22 bits per heavy atom. The number of carbonyl (C=O) groups excluding carboxylic acids is 1. The van der Waals surface area contributed by atoms with Crippen LogP contribution in [0.4, 0.5) is 5.69 Å². The van der Waals surface area contributed by atoms with Crippen molar-refractivity contribution in [2.24, 2.45) is 0 Å². The van der Waals surface area contributed by atoms with Crippen LogP contribution in [0.3, 0.4) is 0 Å². The van der Waals surface area contributed by atoms with E-state index in [0.29, 0.717) is 16.8 Å². The Labute approximate surface area is 103 Å². The molecule has 0 heterocycles. The summed E-state index contributed by atoms with van der Waals surface area (Å²) in [7, 11) is 0. The third-order valence-corrected chi connectivity index (χ3v) is 3.11. The highest BCUT2D eigenvalue weighted by molar-refractivity contribution is 6.52. The van der Waals surface area contributed by atoms with Gasteiger partial charge in [-0.25, -0.2) is 0 Å². The lowest BCUT2D eigenvalue weighted by molar-refractivity contribution is -0.111. The van der Waals surface area contributed by atoms with Crippen LogP contribution in [0.2, 0.25) is 0 Å². The molecular formula is C14H10N2O2. The second kappa shape index (κ2) is 3.43. The number of nitrogens with two attached hydrogens (primary N) is 1. The maximum absolute atomic E-state index is 11.5. The average Bonchev–Trinajstić information content (AvgIpc) is 2.36. The summed E-state index contributed by atoms with van der Waals surface area (Å²) in [6, 6.07) is 9.03. The first kappa shape index (κ1) is 10.5. The number of allylic oxidation sites excluding steroid dienone is 1. The van der Waals surface area contributed by atoms with Crippen LogP contribution in [0, 0.1) is 5.41 Å². The van der Waals surface area contributed by atoms with Gasteiger partial charge < -0.3 is 10.8 Å². The number of nitrogen functional groups attached to an aromatic ring is 1. The lowest BCUT2D eigenvalue weighted by Gasteiger charge is -2.14. The molecule has 0 radical (unpaired) electrons. The second-order valence-corrected chi connectivity index (χ2v) is 4.24. The van der Waals surface area contributed by atoms with Crippen molar-refractivity contribution in [1.29, 1.82) is 5.41 Å². The number of aliphatic hydroxyl groups is 1. The molecule has 4 heteroatoms. The van der Waals surface area contributed by atoms with Crippen molar-refractivity contribution < 1.29 is 9.90 Å². The molecular weight excluding hydrogens is 228 g/mol. The van der Waals surface area contributed by atoms with Gasteiger partial charge in [-0.1, -0.05) is 12.1 Å². The lowest BCUT2D eigenvalue weighted by atomic mass is 9.90. The number of Topliss-reactive ketones (excluding diaryl/α,β-unsaturated/α-hetero) is 1. The number of anilines is 1. The molecule has 2 aromatic rings. The summed E-state index contributed by atoms with van der Waals surface area (Å²) in [5, 5.41) is 19.0. The fourth-order valence-corrected chi connectivity index (χ4v) is 2.17. The topological polar surface area (TPSA) is 87.2 Å². The van der Waals surface area contributed by atoms with Gasteiger partial charge in [-0.3, -0.25) is 10.2 Å². The predicted octanol–water partition coefficient (Wildman–Crippen LogP) is 2.27. The van der Waals surface area contributed by atoms with Crippen LogP contribution < -0.4 is 5.73 Å². The number of fused-ring (bicyclic) bond motifs is 2. The van der Waals surface area contributed by atoms with Crippen molar-refractivity contribution >= 4 is 34.0 Å². The van der Waals surface area contributed by atoms with E-state index in [1.165, 1.54) is 6.08 Å². The number of nitrogens with one attached hydrogen (secondary N) is 1. The summed E-state index contributed by atoms with van der Waals surface area (Å²) in [6.07, 6.45) is 1.38. The molecule has 0 unspecified atom stereocenters. The molecule has 0 bridgehead atoms. The smallest absolute Gasteiger partial charge is 0.245 e. The van der Waals surface area contributed by atoms with Gasteiger partial charge in [0, 0.05) is 16.6 Å². The Bertz CT molecular complexity index is 745. The third-order valence-electron chi connectivity index (χ3n) is 3.11. The zero-order valence-corrected chi connectivity index (χ0v) is 9.40. The zero-order chi connectivity index (χ0) is 12.9. The minimum atomic E-state index is -0.647. The van der Waals surface area contributed by atoms with E-state index in [1.807, 2.05) is 12.1 Å². The molecule has 0 atom stereocenters. The molecule has 3 rings (SSSR count). The number of ketones is 1. The summed E-state index contributed by atoms with van der Waals surface area (Å²) < 4.78 is 0. The molecule has 0 saturated carbocycles. The Morgan fingerprint density at radius 3 is 2.78 bits per heavy atom. The molecule has 2 aromatic carbocycles. The van der Waals surface area contributed by atoms with Crippen LogP contribution in [0.15, 0.2) is 36.1 Å². The number of hydrogen-bond acceptors (Lipinski definition) is 4. The highest BCUT2D eigenvalue weighted by Crippen LogP contribution is 2.29. The third kappa shape index (κ3) is 1.32. The summed E-state index contributed by atoms with van der Waals surface area (Å²) in [5.41, 5.74) is 7.49. The molecule has 0 aromatic heterocycles. The largest absolute Gasteiger partial charge is 0.504 e. The van der Waals surface area contributed by atoms with Crippen molar-refractivity contribution in [3.63, 3.8) is 0 Å². The van der Waals surface area contributed by atoms with Crippen LogP contribution in [-0.2, 0) is 4.79 Å². The molecule has 0 spiro atoms. The number of benzene rings is 2. The SMILES string of the molecule is N=C1C(=O)C(O)=Cc2cc3c(N)cccc3cc21. The van der Waals surface area contributed by atoms with Crippen molar-refractivity contribution in [3.8, 4) is 0 Å². The number of rotatable bonds is 0. The van der Waals surface area contributed by atoms with Crippen LogP contribution in [0.1, 0.15) is 11.1 Å². The second-order valence-electron chi connectivity index (χ2n) is 4.24. The summed E-state index contributed by atoms with van der Waals surface area (Å²) in [4.78, 5) is 11.5. The fourth-order valence-electron chi connectivity index (χ4n) is 2.17. The van der Waals surface area contributed by atoms with Crippen LogP contribution >= 0.6 is 0 Å². The van der Waals surface area contributed by atoms with Crippen molar-refractivity contribution in [2.75, 3.05) is 5.73 Å². The van der Waals surface area contributed by atoms with E-state index in [2.05, 4.69) is 0 Å². The van der Waals surface area contributed by atoms with Gasteiger partial charge in [0.1, 0.15) is 5.71 Å². The molecule has 1 aliphatic rings. The van der Waals surface area contributed by atoms with Gasteiger partial charge in [0.05, 0.1) is 0 Å². The predicted molar refractivity (Wildman–Crippen MR) is 70.8 cm³/mol. The molecule has 18 heavy (non-hydrogen) atoms. The highest BCUT2D eigenvalue weighted by atomic mass is 16.3. The van der Waals surface area contributed by atoms with E-state index < -0.39 is 11.5 Å². The number of aliphatic hydroxyl groups excluding tert-OH is 1. The van der Waals surface area contributed by atoms with E-state index in [9.17, 15) is 9.90 Å². The first-order valence-corrected chi connectivity index (χ1v) is 5.44. The van der Waals surface area contributed by atoms with Gasteiger partial charge in [0.25, 0.3) is 0 Å². The maximum atomic E-state index is 11.5. The minimum absolute atomic E-state index is 0.186. The molecule has 4 N–H and O–H groups in total. The van der Waals surface area contributed by atoms with Crippen molar-refractivity contribution in [1.82, 2.24) is 0 Å². The molecule has 88 valence electrons. The highest BCUT2D eigenvalue weighted by Gasteiger charge is 2.24. The minimum Gasteiger partial charge on any atom is -0.504 e. The summed E-state index contributed by atoms with van der Waals surface area (Å²) in [6.45, 7) is 0. The van der Waals surface area contributed by atoms with Gasteiger partial charge in [0.15, 0.2) is 5.76 Å². The van der Waals surface area contributed by atoms with E-state index in [-0.39, 0.29) is 5.71 Å². The normalized spacial score (nSPS) is 14.6. The van der Waals surface area contributed by atoms with Crippen LogP contribution in [-0.4, -0.2) is 16.6 Å². The van der Waals surface area contributed by atoms with Crippen molar-refractivity contribution in [3.05, 3.63) is 47.2 Å². The Morgan fingerprint density at radius 2 is 2.00 bits per heavy atom. The molecule has 0 amide bonds. The number of carbonyl (C=O) groups is 1. The Hall–Kier alpha value is -2.62. The molecule has 1 aliphatic carbocycles. The van der Waals surface area contributed by atoms with Crippen molar-refractivity contribution in [2.45, 2.75) is 0 Å². The quantitative estimate of drug-likeness (QED) is 0.615. The number of hydrogen-bond donors (Lipinski definition) is 3. The van der Waals surface area contributed by atoms with E-state index in [0.717, 1.165) is 10.8 Å². The van der Waals surface area contributed by atoms with Gasteiger partial charge in [-0.2, -0.15) is 0 Å². The standard InChI is InChI=1S/C14H10N2O2/c15-11-3-1-2-7-4-10-8(5-9(7)11)6-12(17)14(18)13(10)16/h1-6,16-17H,15H2. The molecule has 0 saturated heterocycles. The lowest BCUT2D eigenvalue weighted by Crippen LogP contribution is -2.21. The first-order valence-electron chi connectivity index (χ1n) is 5.44. The maximum Gasteiger partial charge on any atom is 0.245 e.